The number of nitrogens with one attached hydrogen (secondary N) is 1. The van der Waals surface area contributed by atoms with Crippen molar-refractivity contribution in [2.24, 2.45) is 11.8 Å². The zero-order valence-electron chi connectivity index (χ0n) is 10.8. The molecule has 2 aliphatic carbocycles. The van der Waals surface area contributed by atoms with E-state index in [1.54, 1.807) is 0 Å². The first-order valence-electron chi connectivity index (χ1n) is 7.11. The van der Waals surface area contributed by atoms with Gasteiger partial charge in [0.15, 0.2) is 0 Å². The Morgan fingerprint density at radius 1 is 0.938 bits per heavy atom. The lowest BCUT2D eigenvalue weighted by Crippen LogP contribution is -2.50. The van der Waals surface area contributed by atoms with E-state index in [4.69, 9.17) is 0 Å². The van der Waals surface area contributed by atoms with Crippen molar-refractivity contribution in [2.45, 2.75) is 77.0 Å². The summed E-state index contributed by atoms with van der Waals surface area (Å²) >= 11 is 0. The highest BCUT2D eigenvalue weighted by Crippen LogP contribution is 2.30. The van der Waals surface area contributed by atoms with Crippen LogP contribution in [0.15, 0.2) is 0 Å². The summed E-state index contributed by atoms with van der Waals surface area (Å²) in [6.07, 6.45) is 8.55. The Labute approximate surface area is 99.8 Å². The Morgan fingerprint density at radius 2 is 1.69 bits per heavy atom. The van der Waals surface area contributed by atoms with E-state index in [1.165, 1.54) is 38.5 Å². The Balaban J connectivity index is 1.83. The highest BCUT2D eigenvalue weighted by Gasteiger charge is 2.30. The van der Waals surface area contributed by atoms with Gasteiger partial charge >= 0.3 is 0 Å². The van der Waals surface area contributed by atoms with E-state index in [0.717, 1.165) is 18.3 Å². The van der Waals surface area contributed by atoms with Crippen LogP contribution in [0.3, 0.4) is 0 Å². The van der Waals surface area contributed by atoms with Crippen molar-refractivity contribution in [1.82, 2.24) is 5.32 Å². The van der Waals surface area contributed by atoms with Gasteiger partial charge in [-0.15, -0.1) is 0 Å². The van der Waals surface area contributed by atoms with Crippen molar-refractivity contribution >= 4 is 0 Å². The quantitative estimate of drug-likeness (QED) is 0.757. The Bertz CT molecular complexity index is 219. The van der Waals surface area contributed by atoms with Crippen LogP contribution < -0.4 is 5.32 Å². The van der Waals surface area contributed by atoms with Crippen LogP contribution in [0, 0.1) is 11.8 Å². The van der Waals surface area contributed by atoms with Crippen molar-refractivity contribution in [3.8, 4) is 0 Å². The molecular formula is C14H27NO. The van der Waals surface area contributed by atoms with Gasteiger partial charge in [-0.2, -0.15) is 0 Å². The van der Waals surface area contributed by atoms with Gasteiger partial charge in [0.05, 0.1) is 6.10 Å². The summed E-state index contributed by atoms with van der Waals surface area (Å²) in [5.41, 5.74) is 0. The average Bonchev–Trinajstić information content (AvgIpc) is 2.25. The van der Waals surface area contributed by atoms with Crippen LogP contribution in [-0.2, 0) is 0 Å². The molecule has 94 valence electrons. The minimum Gasteiger partial charge on any atom is -0.392 e. The number of hydrogen-bond acceptors (Lipinski definition) is 2. The maximum absolute atomic E-state index is 9.98. The second-order valence-electron chi connectivity index (χ2n) is 6.13. The normalized spacial score (nSPS) is 45.6. The topological polar surface area (TPSA) is 32.3 Å². The molecule has 0 aromatic rings. The molecule has 3 unspecified atom stereocenters. The smallest absolute Gasteiger partial charge is 0.0693 e. The molecule has 5 atom stereocenters. The summed E-state index contributed by atoms with van der Waals surface area (Å²) in [5.74, 6) is 1.67. The molecule has 2 N–H and O–H groups in total. The molecule has 2 rings (SSSR count). The first kappa shape index (κ1) is 12.4. The molecule has 0 aromatic carbocycles. The lowest BCUT2D eigenvalue weighted by atomic mass is 9.79. The standard InChI is InChI=1S/C14H27NO/c1-10-7-8-12(11(2)9-10)15-13-5-3-4-6-14(13)16/h10-16H,3-9H2,1-2H3/t10?,11?,12?,13-,14-/m0/s1. The number of aliphatic hydroxyl groups excluding tert-OH is 1. The number of hydrogen-bond donors (Lipinski definition) is 2. The van der Waals surface area contributed by atoms with E-state index >= 15 is 0 Å². The highest BCUT2D eigenvalue weighted by molar-refractivity contribution is 4.88. The molecule has 16 heavy (non-hydrogen) atoms. The minimum absolute atomic E-state index is 0.0969. The third-order valence-corrected chi connectivity index (χ3v) is 4.59. The summed E-state index contributed by atoms with van der Waals surface area (Å²) in [4.78, 5) is 0. The molecule has 2 fully saturated rings. The van der Waals surface area contributed by atoms with Gasteiger partial charge in [0.25, 0.3) is 0 Å². The van der Waals surface area contributed by atoms with Gasteiger partial charge in [0.2, 0.25) is 0 Å². The van der Waals surface area contributed by atoms with E-state index in [1.807, 2.05) is 0 Å². The largest absolute Gasteiger partial charge is 0.392 e. The molecule has 0 bridgehead atoms. The predicted molar refractivity (Wildman–Crippen MR) is 67.4 cm³/mol. The zero-order valence-corrected chi connectivity index (χ0v) is 10.8. The van der Waals surface area contributed by atoms with E-state index in [9.17, 15) is 5.11 Å². The van der Waals surface area contributed by atoms with Crippen molar-refractivity contribution in [1.29, 1.82) is 0 Å². The first-order valence-corrected chi connectivity index (χ1v) is 7.11. The fraction of sp³-hybridized carbons (Fsp3) is 1.00. The first-order chi connectivity index (χ1) is 7.66. The van der Waals surface area contributed by atoms with E-state index in [0.29, 0.717) is 12.1 Å². The van der Waals surface area contributed by atoms with Crippen LogP contribution >= 0.6 is 0 Å². The van der Waals surface area contributed by atoms with Crippen LogP contribution in [0.5, 0.6) is 0 Å². The summed E-state index contributed by atoms with van der Waals surface area (Å²) in [6, 6.07) is 1.02. The van der Waals surface area contributed by atoms with Gasteiger partial charge in [0, 0.05) is 12.1 Å². The van der Waals surface area contributed by atoms with Crippen molar-refractivity contribution < 1.29 is 5.11 Å². The molecule has 2 nitrogen and oxygen atoms in total. The molecule has 2 aliphatic rings. The molecule has 0 saturated heterocycles. The van der Waals surface area contributed by atoms with Crippen molar-refractivity contribution in [2.75, 3.05) is 0 Å². The van der Waals surface area contributed by atoms with Crippen LogP contribution in [0.1, 0.15) is 58.8 Å². The molecule has 0 aliphatic heterocycles. The maximum atomic E-state index is 9.98. The molecule has 0 amide bonds. The van der Waals surface area contributed by atoms with E-state index < -0.39 is 0 Å². The fourth-order valence-electron chi connectivity index (χ4n) is 3.49. The number of rotatable bonds is 2. The summed E-state index contributed by atoms with van der Waals surface area (Å²) in [6.45, 7) is 4.73. The summed E-state index contributed by atoms with van der Waals surface area (Å²) < 4.78 is 0. The molecule has 2 saturated carbocycles. The van der Waals surface area contributed by atoms with Crippen molar-refractivity contribution in [3.05, 3.63) is 0 Å². The lowest BCUT2D eigenvalue weighted by Gasteiger charge is -2.38. The second-order valence-corrected chi connectivity index (χ2v) is 6.13. The molecule has 0 aromatic heterocycles. The lowest BCUT2D eigenvalue weighted by molar-refractivity contribution is 0.0728. The molecule has 0 heterocycles. The van der Waals surface area contributed by atoms with Crippen LogP contribution in [-0.4, -0.2) is 23.3 Å². The van der Waals surface area contributed by atoms with Crippen molar-refractivity contribution in [3.63, 3.8) is 0 Å². The van der Waals surface area contributed by atoms with Crippen LogP contribution in [0.25, 0.3) is 0 Å². The average molecular weight is 225 g/mol. The second kappa shape index (κ2) is 5.50. The van der Waals surface area contributed by atoms with E-state index in [2.05, 4.69) is 19.2 Å². The SMILES string of the molecule is CC1CCC(N[C@H]2CCCC[C@@H]2O)C(C)C1. The third kappa shape index (κ3) is 2.98. The van der Waals surface area contributed by atoms with E-state index in [-0.39, 0.29) is 6.10 Å². The molecule has 0 spiro atoms. The highest BCUT2D eigenvalue weighted by atomic mass is 16.3. The predicted octanol–water partition coefficient (Wildman–Crippen LogP) is 2.70. The Kier molecular flexibility index (Phi) is 4.26. The van der Waals surface area contributed by atoms with Gasteiger partial charge < -0.3 is 10.4 Å². The monoisotopic (exact) mass is 225 g/mol. The molecule has 0 radical (unpaired) electrons. The summed E-state index contributed by atoms with van der Waals surface area (Å²) in [5, 5.41) is 13.7. The Morgan fingerprint density at radius 3 is 2.38 bits per heavy atom. The molecular weight excluding hydrogens is 198 g/mol. The van der Waals surface area contributed by atoms with Gasteiger partial charge in [-0.1, -0.05) is 26.7 Å². The maximum Gasteiger partial charge on any atom is 0.0693 e. The van der Waals surface area contributed by atoms with Crippen LogP contribution in [0.4, 0.5) is 0 Å². The van der Waals surface area contributed by atoms with Gasteiger partial charge in [-0.05, 0) is 43.9 Å². The zero-order chi connectivity index (χ0) is 11.5. The minimum atomic E-state index is -0.0969. The Hall–Kier alpha value is -0.0800. The number of aliphatic hydroxyl groups is 1. The van der Waals surface area contributed by atoms with Gasteiger partial charge in [-0.25, -0.2) is 0 Å². The molecule has 2 heteroatoms. The van der Waals surface area contributed by atoms with Crippen LogP contribution in [0.2, 0.25) is 0 Å². The van der Waals surface area contributed by atoms with Gasteiger partial charge in [0.1, 0.15) is 0 Å². The van der Waals surface area contributed by atoms with Gasteiger partial charge in [-0.3, -0.25) is 0 Å². The third-order valence-electron chi connectivity index (χ3n) is 4.59. The summed E-state index contributed by atoms with van der Waals surface area (Å²) in [7, 11) is 0. The fourth-order valence-corrected chi connectivity index (χ4v) is 3.49.